The summed E-state index contributed by atoms with van der Waals surface area (Å²) in [4.78, 5) is 4.59. The summed E-state index contributed by atoms with van der Waals surface area (Å²) in [5, 5.41) is 0. The number of hydrogen-bond donors (Lipinski definition) is 0. The highest BCUT2D eigenvalue weighted by atomic mass is 14.7. The predicted molar refractivity (Wildman–Crippen MR) is 249 cm³/mol. The number of unbranched alkanes of at least 4 members (excludes halogenated alkanes) is 2. The average molecular weight is 724 g/mol. The third kappa shape index (κ3) is 33.7. The molecular formula is C51H97N. The minimum absolute atomic E-state index is 0.421. The fourth-order valence-electron chi connectivity index (χ4n) is 4.70. The lowest BCUT2D eigenvalue weighted by Gasteiger charge is -2.24. The lowest BCUT2D eigenvalue weighted by Crippen LogP contribution is -2.12. The smallest absolute Gasteiger partial charge is 0.0632 e. The van der Waals surface area contributed by atoms with Gasteiger partial charge in [0.05, 0.1) is 5.70 Å². The number of nitrogens with zero attached hydrogens (tertiary/aromatic N) is 1. The van der Waals surface area contributed by atoms with Gasteiger partial charge in [-0.05, 0) is 92.0 Å². The lowest BCUT2D eigenvalue weighted by atomic mass is 9.82. The van der Waals surface area contributed by atoms with Gasteiger partial charge in [-0.1, -0.05) is 218 Å². The zero-order valence-electron chi connectivity index (χ0n) is 39.5. The van der Waals surface area contributed by atoms with Gasteiger partial charge in [-0.2, -0.15) is 0 Å². The van der Waals surface area contributed by atoms with Gasteiger partial charge in [-0.15, -0.1) is 0 Å². The maximum Gasteiger partial charge on any atom is 0.0632 e. The van der Waals surface area contributed by atoms with E-state index >= 15 is 0 Å². The molecule has 0 aromatic heterocycles. The standard InChI is InChI=1S/C26H37N.C8H16.C5H12.2C4H10.2C2H6/c1-10-12-19(5)22(8)26(23(9)27-18(3)4)16-14-21(7)25-15-13-20(6)24(11-2)17-25;1-7-5-3-4-6-8(7)2;1-4-5(2)3;2*1-3-4-2;2*1-2/h13-17,19H,8-12H2,1-7H3;7-8H,3-6H2,1-2H3;5H,4H2,1-3H3;2*3-4H2,1-2H3;2*1-2H3/b21-14+,26-16-;;;;;;. The van der Waals surface area contributed by atoms with Crippen molar-refractivity contribution >= 4 is 11.3 Å². The second-order valence-electron chi connectivity index (χ2n) is 14.7. The monoisotopic (exact) mass is 724 g/mol. The lowest BCUT2D eigenvalue weighted by molar-refractivity contribution is 0.277. The van der Waals surface area contributed by atoms with Crippen molar-refractivity contribution in [3.63, 3.8) is 0 Å². The highest BCUT2D eigenvalue weighted by molar-refractivity contribution is 5.81. The molecule has 0 N–H and O–H groups in total. The second kappa shape index (κ2) is 41.6. The average Bonchev–Trinajstić information content (AvgIpc) is 3.15. The first-order valence-corrected chi connectivity index (χ1v) is 22.0. The number of rotatable bonds is 12. The van der Waals surface area contributed by atoms with Crippen LogP contribution in [0.3, 0.4) is 0 Å². The number of aryl methyl sites for hydroxylation is 2. The Morgan fingerprint density at radius 1 is 0.750 bits per heavy atom. The van der Waals surface area contributed by atoms with Crippen LogP contribution in [0.1, 0.15) is 219 Å². The van der Waals surface area contributed by atoms with Crippen LogP contribution in [0.5, 0.6) is 0 Å². The normalized spacial score (nSPS) is 15.3. The zero-order valence-corrected chi connectivity index (χ0v) is 39.5. The summed E-state index contributed by atoms with van der Waals surface area (Å²) in [6.07, 6.45) is 20.1. The topological polar surface area (TPSA) is 12.4 Å². The SMILES string of the molecule is C=C(N=C(C)C)/C(=C\C=C(/C)c1ccc(C)c(CC)c1)C(=C)C(C)CCC.CC.CC.CC1CCCCC1C.CCC(C)C.CCCC.CCCC. The zero-order chi connectivity index (χ0) is 41.7. The van der Waals surface area contributed by atoms with E-state index in [1.54, 1.807) is 0 Å². The van der Waals surface area contributed by atoms with E-state index in [0.717, 1.165) is 59.6 Å². The molecule has 1 aliphatic carbocycles. The number of allylic oxidation sites excluding steroid dienone is 4. The Morgan fingerprint density at radius 2 is 1.19 bits per heavy atom. The van der Waals surface area contributed by atoms with Gasteiger partial charge in [0.25, 0.3) is 0 Å². The molecule has 1 heteroatoms. The first kappa shape index (κ1) is 59.1. The van der Waals surface area contributed by atoms with Crippen molar-refractivity contribution in [2.75, 3.05) is 0 Å². The summed E-state index contributed by atoms with van der Waals surface area (Å²) in [6.45, 7) is 51.7. The van der Waals surface area contributed by atoms with Crippen molar-refractivity contribution in [2.24, 2.45) is 28.7 Å². The first-order chi connectivity index (χ1) is 24.6. The molecule has 0 radical (unpaired) electrons. The molecular weight excluding hydrogens is 627 g/mol. The Morgan fingerprint density at radius 3 is 1.52 bits per heavy atom. The first-order valence-electron chi connectivity index (χ1n) is 22.0. The molecule has 3 atom stereocenters. The summed E-state index contributed by atoms with van der Waals surface area (Å²) in [5.41, 5.74) is 9.24. The summed E-state index contributed by atoms with van der Waals surface area (Å²) in [6, 6.07) is 6.71. The van der Waals surface area contributed by atoms with Gasteiger partial charge in [0.2, 0.25) is 0 Å². The molecule has 0 saturated heterocycles. The van der Waals surface area contributed by atoms with Crippen LogP contribution in [0.25, 0.3) is 5.57 Å². The van der Waals surface area contributed by atoms with Crippen LogP contribution < -0.4 is 0 Å². The van der Waals surface area contributed by atoms with Crippen molar-refractivity contribution in [3.8, 4) is 0 Å². The van der Waals surface area contributed by atoms with Gasteiger partial charge in [-0.3, -0.25) is 4.99 Å². The Balaban J connectivity index is -0.000000237. The van der Waals surface area contributed by atoms with Crippen LogP contribution in [0, 0.1) is 30.6 Å². The van der Waals surface area contributed by atoms with Gasteiger partial charge in [-0.25, -0.2) is 0 Å². The summed E-state index contributed by atoms with van der Waals surface area (Å²) < 4.78 is 0. The number of benzene rings is 1. The van der Waals surface area contributed by atoms with E-state index in [1.165, 1.54) is 80.1 Å². The second-order valence-corrected chi connectivity index (χ2v) is 14.7. The van der Waals surface area contributed by atoms with Gasteiger partial charge in [0, 0.05) is 11.3 Å². The van der Waals surface area contributed by atoms with Crippen molar-refractivity contribution in [2.45, 2.75) is 216 Å². The molecule has 0 heterocycles. The maximum atomic E-state index is 4.59. The molecule has 0 amide bonds. The molecule has 1 aromatic carbocycles. The molecule has 2 rings (SSSR count). The largest absolute Gasteiger partial charge is 0.258 e. The van der Waals surface area contributed by atoms with Crippen LogP contribution in [0.4, 0.5) is 0 Å². The Bertz CT molecular complexity index is 1020. The van der Waals surface area contributed by atoms with Crippen LogP contribution in [0.15, 0.2) is 65.3 Å². The molecule has 306 valence electrons. The molecule has 0 bridgehead atoms. The predicted octanol–water partition coefficient (Wildman–Crippen LogP) is 18.4. The Hall–Kier alpha value is -2.15. The van der Waals surface area contributed by atoms with Gasteiger partial charge >= 0.3 is 0 Å². The molecule has 1 aromatic rings. The molecule has 0 spiro atoms. The van der Waals surface area contributed by atoms with Crippen molar-refractivity contribution in [3.05, 3.63) is 77.0 Å². The van der Waals surface area contributed by atoms with Crippen LogP contribution in [-0.4, -0.2) is 5.71 Å². The van der Waals surface area contributed by atoms with E-state index in [-0.39, 0.29) is 0 Å². The van der Waals surface area contributed by atoms with E-state index < -0.39 is 0 Å². The molecule has 52 heavy (non-hydrogen) atoms. The molecule has 1 saturated carbocycles. The van der Waals surface area contributed by atoms with E-state index in [0.29, 0.717) is 5.92 Å². The highest BCUT2D eigenvalue weighted by Crippen LogP contribution is 2.29. The summed E-state index contributed by atoms with van der Waals surface area (Å²) in [5.74, 6) is 3.31. The Labute approximate surface area is 331 Å². The van der Waals surface area contributed by atoms with Gasteiger partial charge in [0.15, 0.2) is 0 Å². The number of hydrogen-bond acceptors (Lipinski definition) is 1. The van der Waals surface area contributed by atoms with Crippen molar-refractivity contribution in [1.29, 1.82) is 0 Å². The fourth-order valence-corrected chi connectivity index (χ4v) is 4.70. The molecule has 0 aliphatic heterocycles. The quantitative estimate of drug-likeness (QED) is 0.150. The van der Waals surface area contributed by atoms with Crippen molar-refractivity contribution < 1.29 is 0 Å². The Kier molecular flexibility index (Phi) is 47.3. The summed E-state index contributed by atoms with van der Waals surface area (Å²) >= 11 is 0. The van der Waals surface area contributed by atoms with Crippen LogP contribution in [-0.2, 0) is 6.42 Å². The third-order valence-electron chi connectivity index (χ3n) is 9.37. The highest BCUT2D eigenvalue weighted by Gasteiger charge is 2.15. The van der Waals surface area contributed by atoms with Gasteiger partial charge in [0.1, 0.15) is 0 Å². The number of aliphatic imine (C=N–C) groups is 1. The van der Waals surface area contributed by atoms with Crippen LogP contribution in [0.2, 0.25) is 0 Å². The van der Waals surface area contributed by atoms with E-state index in [9.17, 15) is 0 Å². The van der Waals surface area contributed by atoms with E-state index in [2.05, 4.69) is 145 Å². The molecule has 1 nitrogen and oxygen atoms in total. The molecule has 1 aliphatic rings. The van der Waals surface area contributed by atoms with E-state index in [1.807, 2.05) is 41.5 Å². The van der Waals surface area contributed by atoms with E-state index in [4.69, 9.17) is 0 Å². The molecule has 1 fully saturated rings. The fraction of sp³-hybridized carbons (Fsp3) is 0.706. The van der Waals surface area contributed by atoms with Crippen molar-refractivity contribution in [1.82, 2.24) is 0 Å². The minimum Gasteiger partial charge on any atom is -0.258 e. The maximum absolute atomic E-state index is 4.59. The summed E-state index contributed by atoms with van der Waals surface area (Å²) in [7, 11) is 0. The van der Waals surface area contributed by atoms with Crippen LogP contribution >= 0.6 is 0 Å². The third-order valence-corrected chi connectivity index (χ3v) is 9.37. The van der Waals surface area contributed by atoms with Gasteiger partial charge < -0.3 is 0 Å². The minimum atomic E-state index is 0.421. The molecule has 3 unspecified atom stereocenters.